The zero-order valence-electron chi connectivity index (χ0n) is 17.0. The van der Waals surface area contributed by atoms with Crippen molar-refractivity contribution in [1.29, 1.82) is 0 Å². The predicted molar refractivity (Wildman–Crippen MR) is 122 cm³/mol. The van der Waals surface area contributed by atoms with Gasteiger partial charge in [0.15, 0.2) is 10.8 Å². The lowest BCUT2D eigenvalue weighted by atomic mass is 10.3. The Morgan fingerprint density at radius 1 is 1.32 bits per heavy atom. The minimum atomic E-state index is -0.672. The Balaban J connectivity index is 2.08. The van der Waals surface area contributed by atoms with Crippen molar-refractivity contribution in [2.45, 2.75) is 26.9 Å². The van der Waals surface area contributed by atoms with Gasteiger partial charge in [-0.1, -0.05) is 29.0 Å². The van der Waals surface area contributed by atoms with Gasteiger partial charge in [-0.05, 0) is 32.0 Å². The summed E-state index contributed by atoms with van der Waals surface area (Å²) in [6.45, 7) is 8.44. The number of thiazole rings is 1. The van der Waals surface area contributed by atoms with Crippen molar-refractivity contribution in [3.63, 3.8) is 0 Å². The second-order valence-electron chi connectivity index (χ2n) is 6.57. The fourth-order valence-corrected chi connectivity index (χ4v) is 4.42. The quantitative estimate of drug-likeness (QED) is 0.516. The molecule has 3 rings (SSSR count). The van der Waals surface area contributed by atoms with Gasteiger partial charge in [0.2, 0.25) is 5.91 Å². The summed E-state index contributed by atoms with van der Waals surface area (Å²) < 4.78 is 15.7. The molecule has 2 heterocycles. The van der Waals surface area contributed by atoms with Crippen LogP contribution in [0.1, 0.15) is 13.8 Å². The smallest absolute Gasteiger partial charge is 0.333 e. The number of hydrogen-bond donors (Lipinski definition) is 1. The van der Waals surface area contributed by atoms with Crippen LogP contribution in [0.2, 0.25) is 5.02 Å². The van der Waals surface area contributed by atoms with Crippen molar-refractivity contribution in [3.8, 4) is 0 Å². The van der Waals surface area contributed by atoms with Gasteiger partial charge in [0, 0.05) is 19.6 Å². The van der Waals surface area contributed by atoms with E-state index in [-0.39, 0.29) is 27.6 Å². The lowest BCUT2D eigenvalue weighted by Crippen LogP contribution is -2.41. The van der Waals surface area contributed by atoms with Crippen LogP contribution in [-0.2, 0) is 17.9 Å². The molecule has 0 unspecified atom stereocenters. The van der Waals surface area contributed by atoms with E-state index < -0.39 is 29.5 Å². The van der Waals surface area contributed by atoms with Crippen molar-refractivity contribution >= 4 is 50.0 Å². The highest BCUT2D eigenvalue weighted by atomic mass is 35.5. The van der Waals surface area contributed by atoms with Crippen LogP contribution in [0.4, 0.5) is 15.2 Å². The van der Waals surface area contributed by atoms with E-state index in [9.17, 15) is 18.8 Å². The molecule has 0 radical (unpaired) electrons. The second-order valence-corrected chi connectivity index (χ2v) is 7.95. The highest BCUT2D eigenvalue weighted by molar-refractivity contribution is 7.22. The summed E-state index contributed by atoms with van der Waals surface area (Å²) in [5, 5.41) is 3.17. The van der Waals surface area contributed by atoms with Crippen molar-refractivity contribution in [2.75, 3.05) is 23.3 Å². The number of anilines is 2. The molecule has 164 valence electrons. The van der Waals surface area contributed by atoms with Crippen LogP contribution in [0, 0.1) is 5.82 Å². The third kappa shape index (κ3) is 4.54. The van der Waals surface area contributed by atoms with E-state index in [1.165, 1.54) is 23.5 Å². The Morgan fingerprint density at radius 3 is 2.65 bits per heavy atom. The van der Waals surface area contributed by atoms with Crippen LogP contribution in [0.15, 0.2) is 40.4 Å². The molecule has 11 heteroatoms. The number of fused-ring (bicyclic) bond motifs is 1. The Kier molecular flexibility index (Phi) is 6.91. The summed E-state index contributed by atoms with van der Waals surface area (Å²) in [6, 6.07) is 3.56. The number of amides is 1. The van der Waals surface area contributed by atoms with Crippen molar-refractivity contribution in [3.05, 3.63) is 62.5 Å². The van der Waals surface area contributed by atoms with Gasteiger partial charge in [-0.25, -0.2) is 14.2 Å². The SMILES string of the molecule is C=CCn1c(=O)c2sc(N(CC)CC)nc2n(CC(=O)Nc2ccc(F)cc2Cl)c1=O. The van der Waals surface area contributed by atoms with Gasteiger partial charge < -0.3 is 10.2 Å². The number of hydrogen-bond acceptors (Lipinski definition) is 6. The summed E-state index contributed by atoms with van der Waals surface area (Å²) in [6.07, 6.45) is 1.43. The number of rotatable bonds is 8. The molecule has 0 spiro atoms. The van der Waals surface area contributed by atoms with Crippen molar-refractivity contribution in [1.82, 2.24) is 14.1 Å². The fraction of sp³-hybridized carbons (Fsp3) is 0.300. The van der Waals surface area contributed by atoms with Crippen LogP contribution in [0.5, 0.6) is 0 Å². The van der Waals surface area contributed by atoms with E-state index in [0.29, 0.717) is 18.2 Å². The van der Waals surface area contributed by atoms with E-state index in [4.69, 9.17) is 11.6 Å². The number of allylic oxidation sites excluding steroid dienone is 1. The van der Waals surface area contributed by atoms with Crippen molar-refractivity contribution in [2.24, 2.45) is 0 Å². The number of aromatic nitrogens is 3. The van der Waals surface area contributed by atoms with E-state index in [0.717, 1.165) is 21.3 Å². The molecule has 1 N–H and O–H groups in total. The first-order valence-corrected chi connectivity index (χ1v) is 10.7. The molecule has 2 aromatic heterocycles. The van der Waals surface area contributed by atoms with Gasteiger partial charge in [0.1, 0.15) is 17.1 Å². The van der Waals surface area contributed by atoms with E-state index >= 15 is 0 Å². The van der Waals surface area contributed by atoms with Gasteiger partial charge >= 0.3 is 5.69 Å². The number of carbonyl (C=O) groups is 1. The maximum Gasteiger partial charge on any atom is 0.333 e. The molecule has 1 amide bonds. The standard InChI is InChI=1S/C20H21ClFN5O3S/c1-4-9-26-18(29)16-17(24-19(31-16)25(5-2)6-3)27(20(26)30)11-15(28)23-14-8-7-12(22)10-13(14)21/h4,7-8,10H,1,5-6,9,11H2,2-3H3,(H,23,28). The second kappa shape index (κ2) is 9.44. The van der Waals surface area contributed by atoms with E-state index in [1.54, 1.807) is 0 Å². The Bertz CT molecular complexity index is 1260. The Hall–Kier alpha value is -2.98. The molecule has 0 atom stereocenters. The maximum absolute atomic E-state index is 13.2. The molecular weight excluding hydrogens is 445 g/mol. The molecule has 31 heavy (non-hydrogen) atoms. The largest absolute Gasteiger partial charge is 0.349 e. The van der Waals surface area contributed by atoms with E-state index in [1.807, 2.05) is 18.7 Å². The molecule has 3 aromatic rings. The zero-order valence-corrected chi connectivity index (χ0v) is 18.6. The highest BCUT2D eigenvalue weighted by Crippen LogP contribution is 2.26. The molecule has 0 aliphatic rings. The van der Waals surface area contributed by atoms with Gasteiger partial charge in [0.25, 0.3) is 5.56 Å². The molecule has 8 nitrogen and oxygen atoms in total. The number of halogens is 2. The van der Waals surface area contributed by atoms with Gasteiger partial charge in [-0.15, -0.1) is 6.58 Å². The summed E-state index contributed by atoms with van der Waals surface area (Å²) in [5.74, 6) is -1.11. The summed E-state index contributed by atoms with van der Waals surface area (Å²) >= 11 is 7.14. The summed E-state index contributed by atoms with van der Waals surface area (Å²) in [5.41, 5.74) is -0.801. The first-order valence-electron chi connectivity index (χ1n) is 9.55. The normalized spacial score (nSPS) is 11.0. The lowest BCUT2D eigenvalue weighted by molar-refractivity contribution is -0.116. The molecular formula is C20H21ClFN5O3S. The first-order chi connectivity index (χ1) is 14.8. The minimum absolute atomic E-state index is 0.00246. The minimum Gasteiger partial charge on any atom is -0.349 e. The number of benzene rings is 1. The maximum atomic E-state index is 13.2. The molecule has 0 fully saturated rings. The van der Waals surface area contributed by atoms with Crippen LogP contribution in [0.3, 0.4) is 0 Å². The number of nitrogens with one attached hydrogen (secondary N) is 1. The van der Waals surface area contributed by atoms with Crippen molar-refractivity contribution < 1.29 is 9.18 Å². The summed E-state index contributed by atoms with van der Waals surface area (Å²) in [4.78, 5) is 44.9. The van der Waals surface area contributed by atoms with Crippen LogP contribution in [-0.4, -0.2) is 33.1 Å². The van der Waals surface area contributed by atoms with Gasteiger partial charge in [-0.2, -0.15) is 0 Å². The number of nitrogens with zero attached hydrogens (tertiary/aromatic N) is 4. The average Bonchev–Trinajstić information content (AvgIpc) is 3.17. The number of carbonyl (C=O) groups excluding carboxylic acids is 1. The molecule has 0 aliphatic carbocycles. The fourth-order valence-electron chi connectivity index (χ4n) is 3.06. The monoisotopic (exact) mass is 465 g/mol. The third-order valence-electron chi connectivity index (χ3n) is 4.61. The van der Waals surface area contributed by atoms with Gasteiger partial charge in [-0.3, -0.25) is 18.7 Å². The first kappa shape index (κ1) is 22.7. The Morgan fingerprint density at radius 2 is 2.03 bits per heavy atom. The predicted octanol–water partition coefficient (Wildman–Crippen LogP) is 3.08. The molecule has 0 aliphatic heterocycles. The summed E-state index contributed by atoms with van der Waals surface area (Å²) in [7, 11) is 0. The highest BCUT2D eigenvalue weighted by Gasteiger charge is 2.21. The van der Waals surface area contributed by atoms with Gasteiger partial charge in [0.05, 0.1) is 10.7 Å². The lowest BCUT2D eigenvalue weighted by Gasteiger charge is -2.16. The molecule has 0 saturated carbocycles. The topological polar surface area (TPSA) is 89.2 Å². The van der Waals surface area contributed by atoms with E-state index in [2.05, 4.69) is 16.9 Å². The molecule has 1 aromatic carbocycles. The third-order valence-corrected chi connectivity index (χ3v) is 6.01. The molecule has 0 saturated heterocycles. The molecule has 0 bridgehead atoms. The zero-order chi connectivity index (χ0) is 22.7. The average molecular weight is 466 g/mol. The van der Waals surface area contributed by atoms with Crippen LogP contribution >= 0.6 is 22.9 Å². The Labute approximate surface area is 186 Å². The van der Waals surface area contributed by atoms with Crippen LogP contribution < -0.4 is 21.5 Å². The van der Waals surface area contributed by atoms with Crippen LogP contribution in [0.25, 0.3) is 10.3 Å².